The van der Waals surface area contributed by atoms with Gasteiger partial charge in [0.1, 0.15) is 11.1 Å². The van der Waals surface area contributed by atoms with Crippen LogP contribution in [0.1, 0.15) is 29.0 Å². The van der Waals surface area contributed by atoms with E-state index < -0.39 is 15.3 Å². The summed E-state index contributed by atoms with van der Waals surface area (Å²) in [6.07, 6.45) is -0.794. The van der Waals surface area contributed by atoms with Crippen LogP contribution < -0.4 is 5.32 Å². The molecule has 0 spiro atoms. The number of aliphatic hydroxyl groups excluding tert-OH is 1. The van der Waals surface area contributed by atoms with E-state index >= 15 is 0 Å². The lowest BCUT2D eigenvalue weighted by molar-refractivity contribution is 0.146. The molecule has 21 heavy (non-hydrogen) atoms. The van der Waals surface area contributed by atoms with Crippen LogP contribution in [0, 0.1) is 0 Å². The quantitative estimate of drug-likeness (QED) is 0.822. The topological polar surface area (TPSA) is 66.4 Å². The van der Waals surface area contributed by atoms with Gasteiger partial charge in [-0.2, -0.15) is 0 Å². The molecule has 2 unspecified atom stereocenters. The summed E-state index contributed by atoms with van der Waals surface area (Å²) in [6, 6.07) is 11.7. The van der Waals surface area contributed by atoms with Crippen molar-refractivity contribution in [3.8, 4) is 0 Å². The smallest absolute Gasteiger partial charge is 0.262 e. The molecule has 0 saturated carbocycles. The summed E-state index contributed by atoms with van der Waals surface area (Å²) in [4.78, 5) is -0.135. The normalized spacial score (nSPS) is 21.3. The van der Waals surface area contributed by atoms with E-state index in [-0.39, 0.29) is 16.0 Å². The molecule has 1 aliphatic heterocycles. The summed E-state index contributed by atoms with van der Waals surface area (Å²) in [5.41, 5.74) is 2.33. The summed E-state index contributed by atoms with van der Waals surface area (Å²) in [7, 11) is 1.46. The molecule has 1 aliphatic rings. The van der Waals surface area contributed by atoms with Crippen molar-refractivity contribution in [1.82, 2.24) is 5.32 Å². The molecule has 2 aromatic carbocycles. The molecule has 2 atom stereocenters. The van der Waals surface area contributed by atoms with E-state index in [1.54, 1.807) is 6.07 Å². The SMILES string of the molecule is O=S(=O)(Cl)c1cc(C2NC(O)c3ccccc32)ccc1Cl. The van der Waals surface area contributed by atoms with Gasteiger partial charge in [0.15, 0.2) is 0 Å². The number of hydrogen-bond acceptors (Lipinski definition) is 4. The number of hydrogen-bond donors (Lipinski definition) is 2. The maximum Gasteiger partial charge on any atom is 0.262 e. The Balaban J connectivity index is 2.11. The largest absolute Gasteiger partial charge is 0.374 e. The van der Waals surface area contributed by atoms with Gasteiger partial charge in [-0.25, -0.2) is 8.42 Å². The van der Waals surface area contributed by atoms with Crippen LogP contribution in [0.4, 0.5) is 0 Å². The predicted molar refractivity (Wildman–Crippen MR) is 80.9 cm³/mol. The molecule has 0 saturated heterocycles. The Morgan fingerprint density at radius 2 is 1.76 bits per heavy atom. The number of aliphatic hydroxyl groups is 1. The second kappa shape index (κ2) is 5.26. The maximum atomic E-state index is 11.5. The van der Waals surface area contributed by atoms with E-state index in [1.807, 2.05) is 24.3 Å². The van der Waals surface area contributed by atoms with E-state index in [1.165, 1.54) is 12.1 Å². The van der Waals surface area contributed by atoms with Crippen molar-refractivity contribution in [2.45, 2.75) is 17.2 Å². The maximum absolute atomic E-state index is 11.5. The van der Waals surface area contributed by atoms with Gasteiger partial charge in [0.2, 0.25) is 0 Å². The Kier molecular flexibility index (Phi) is 3.71. The molecular weight excluding hydrogens is 333 g/mol. The average molecular weight is 344 g/mol. The van der Waals surface area contributed by atoms with E-state index in [4.69, 9.17) is 22.3 Å². The molecular formula is C14H11Cl2NO3S. The second-order valence-corrected chi connectivity index (χ2v) is 7.70. The lowest BCUT2D eigenvalue weighted by Crippen LogP contribution is -2.18. The molecule has 0 aliphatic carbocycles. The van der Waals surface area contributed by atoms with Crippen LogP contribution in [0.15, 0.2) is 47.4 Å². The van der Waals surface area contributed by atoms with Gasteiger partial charge in [0, 0.05) is 16.2 Å². The summed E-state index contributed by atoms with van der Waals surface area (Å²) in [6.45, 7) is 0. The van der Waals surface area contributed by atoms with Crippen LogP contribution in [0.5, 0.6) is 0 Å². The highest BCUT2D eigenvalue weighted by Gasteiger charge is 2.30. The first-order chi connectivity index (χ1) is 9.88. The molecule has 2 N–H and O–H groups in total. The van der Waals surface area contributed by atoms with Gasteiger partial charge in [0.25, 0.3) is 9.05 Å². The van der Waals surface area contributed by atoms with Gasteiger partial charge in [-0.15, -0.1) is 0 Å². The minimum atomic E-state index is -3.93. The molecule has 0 fully saturated rings. The van der Waals surface area contributed by atoms with Crippen LogP contribution in [-0.2, 0) is 9.05 Å². The highest BCUT2D eigenvalue weighted by Crippen LogP contribution is 2.37. The third kappa shape index (κ3) is 2.67. The molecule has 0 amide bonds. The zero-order chi connectivity index (χ0) is 15.2. The molecule has 3 rings (SSSR count). The highest BCUT2D eigenvalue weighted by atomic mass is 35.7. The Hall–Kier alpha value is -1.11. The Morgan fingerprint density at radius 3 is 2.43 bits per heavy atom. The van der Waals surface area contributed by atoms with Gasteiger partial charge < -0.3 is 5.11 Å². The van der Waals surface area contributed by atoms with Crippen LogP contribution in [-0.4, -0.2) is 13.5 Å². The molecule has 7 heteroatoms. The van der Waals surface area contributed by atoms with E-state index in [0.29, 0.717) is 5.56 Å². The monoisotopic (exact) mass is 343 g/mol. The molecule has 4 nitrogen and oxygen atoms in total. The zero-order valence-electron chi connectivity index (χ0n) is 10.6. The van der Waals surface area contributed by atoms with E-state index in [0.717, 1.165) is 11.1 Å². The van der Waals surface area contributed by atoms with Crippen molar-refractivity contribution >= 4 is 31.3 Å². The van der Waals surface area contributed by atoms with Crippen molar-refractivity contribution < 1.29 is 13.5 Å². The van der Waals surface area contributed by atoms with Crippen molar-refractivity contribution in [1.29, 1.82) is 0 Å². The van der Waals surface area contributed by atoms with Gasteiger partial charge in [-0.3, -0.25) is 5.32 Å². The number of fused-ring (bicyclic) bond motifs is 1. The number of benzene rings is 2. The van der Waals surface area contributed by atoms with Crippen molar-refractivity contribution in [3.63, 3.8) is 0 Å². The minimum Gasteiger partial charge on any atom is -0.374 e. The van der Waals surface area contributed by atoms with Gasteiger partial charge in [-0.05, 0) is 23.3 Å². The lowest BCUT2D eigenvalue weighted by Gasteiger charge is -2.14. The zero-order valence-corrected chi connectivity index (χ0v) is 13.0. The van der Waals surface area contributed by atoms with Crippen molar-refractivity contribution in [2.75, 3.05) is 0 Å². The Bertz CT molecular complexity index is 808. The fourth-order valence-electron chi connectivity index (χ4n) is 2.52. The van der Waals surface area contributed by atoms with E-state index in [9.17, 15) is 13.5 Å². The second-order valence-electron chi connectivity index (χ2n) is 4.76. The fraction of sp³-hybridized carbons (Fsp3) is 0.143. The standard InChI is InChI=1S/C14H11Cl2NO3S/c15-11-6-5-8(7-12(11)21(16,19)20)13-9-3-1-2-4-10(9)14(18)17-13/h1-7,13-14,17-18H. The van der Waals surface area contributed by atoms with Crippen molar-refractivity contribution in [2.24, 2.45) is 0 Å². The minimum absolute atomic E-state index is 0.0700. The van der Waals surface area contributed by atoms with Crippen LogP contribution in [0.3, 0.4) is 0 Å². The highest BCUT2D eigenvalue weighted by molar-refractivity contribution is 8.13. The average Bonchev–Trinajstić information content (AvgIpc) is 2.76. The third-order valence-corrected chi connectivity index (χ3v) is 5.28. The summed E-state index contributed by atoms with van der Waals surface area (Å²) < 4.78 is 23.1. The van der Waals surface area contributed by atoms with Crippen molar-refractivity contribution in [3.05, 3.63) is 64.2 Å². The molecule has 0 aromatic heterocycles. The Morgan fingerprint density at radius 1 is 1.10 bits per heavy atom. The molecule has 0 bridgehead atoms. The summed E-state index contributed by atoms with van der Waals surface area (Å²) in [5, 5.41) is 13.1. The van der Waals surface area contributed by atoms with Gasteiger partial charge in [-0.1, -0.05) is 41.9 Å². The summed E-state index contributed by atoms with van der Waals surface area (Å²) in [5.74, 6) is 0. The van der Waals surface area contributed by atoms with Crippen LogP contribution >= 0.6 is 22.3 Å². The fourth-order valence-corrected chi connectivity index (χ4v) is 4.02. The number of nitrogens with one attached hydrogen (secondary N) is 1. The number of halogens is 2. The Labute approximate surface area is 131 Å². The first kappa shape index (κ1) is 14.8. The molecule has 1 heterocycles. The molecule has 110 valence electrons. The van der Waals surface area contributed by atoms with Crippen LogP contribution in [0.2, 0.25) is 5.02 Å². The molecule has 0 radical (unpaired) electrons. The summed E-state index contributed by atoms with van der Waals surface area (Å²) >= 11 is 5.88. The first-order valence-electron chi connectivity index (χ1n) is 6.15. The van der Waals surface area contributed by atoms with Crippen LogP contribution in [0.25, 0.3) is 0 Å². The predicted octanol–water partition coefficient (Wildman–Crippen LogP) is 2.95. The van der Waals surface area contributed by atoms with E-state index in [2.05, 4.69) is 5.32 Å². The van der Waals surface area contributed by atoms with Gasteiger partial charge in [0.05, 0.1) is 11.1 Å². The lowest BCUT2D eigenvalue weighted by atomic mass is 9.98. The number of rotatable bonds is 2. The third-order valence-electron chi connectivity index (χ3n) is 3.48. The molecule has 2 aromatic rings. The van der Waals surface area contributed by atoms with Gasteiger partial charge >= 0.3 is 0 Å². The first-order valence-corrected chi connectivity index (χ1v) is 8.84.